The van der Waals surface area contributed by atoms with Crippen LogP contribution >= 0.6 is 0 Å². The number of likely N-dealkylation sites (tertiary alicyclic amines) is 1. The molecule has 17 heavy (non-hydrogen) atoms. The molecule has 0 spiro atoms. The van der Waals surface area contributed by atoms with Crippen molar-refractivity contribution in [1.29, 1.82) is 0 Å². The van der Waals surface area contributed by atoms with Gasteiger partial charge in [0.1, 0.15) is 0 Å². The number of carbonyl (C=O) groups is 2. The fraction of sp³-hybridized carbons (Fsp3) is 0.846. The predicted molar refractivity (Wildman–Crippen MR) is 65.2 cm³/mol. The molecular formula is C13H23NO3. The zero-order valence-electron chi connectivity index (χ0n) is 11.0. The highest BCUT2D eigenvalue weighted by atomic mass is 16.3. The van der Waals surface area contributed by atoms with E-state index >= 15 is 0 Å². The Kier molecular flexibility index (Phi) is 4.69. The zero-order valence-corrected chi connectivity index (χ0v) is 11.0. The van der Waals surface area contributed by atoms with Crippen molar-refractivity contribution in [3.8, 4) is 0 Å². The molecule has 1 saturated heterocycles. The van der Waals surface area contributed by atoms with Crippen LogP contribution in [0.3, 0.4) is 0 Å². The van der Waals surface area contributed by atoms with E-state index in [4.69, 9.17) is 5.11 Å². The molecule has 0 bridgehead atoms. The van der Waals surface area contributed by atoms with E-state index in [1.165, 1.54) is 4.90 Å². The Labute approximate surface area is 103 Å². The summed E-state index contributed by atoms with van der Waals surface area (Å²) in [7, 11) is 0. The summed E-state index contributed by atoms with van der Waals surface area (Å²) in [4.78, 5) is 25.2. The van der Waals surface area contributed by atoms with Crippen LogP contribution in [-0.2, 0) is 9.59 Å². The second kappa shape index (κ2) is 5.63. The van der Waals surface area contributed by atoms with E-state index < -0.39 is 0 Å². The van der Waals surface area contributed by atoms with Gasteiger partial charge in [0.2, 0.25) is 11.8 Å². The maximum Gasteiger partial charge on any atom is 0.229 e. The van der Waals surface area contributed by atoms with Crippen molar-refractivity contribution >= 4 is 11.8 Å². The van der Waals surface area contributed by atoms with Gasteiger partial charge in [0.05, 0.1) is 0 Å². The van der Waals surface area contributed by atoms with Crippen LogP contribution in [0.1, 0.15) is 46.5 Å². The number of rotatable bonds is 5. The number of piperidine rings is 1. The average Bonchev–Trinajstić information content (AvgIpc) is 2.20. The van der Waals surface area contributed by atoms with E-state index in [9.17, 15) is 9.59 Å². The molecule has 1 rings (SSSR count). The van der Waals surface area contributed by atoms with Gasteiger partial charge in [-0.25, -0.2) is 0 Å². The maximum atomic E-state index is 11.9. The van der Waals surface area contributed by atoms with Crippen molar-refractivity contribution in [3.63, 3.8) is 0 Å². The molecular weight excluding hydrogens is 218 g/mol. The summed E-state index contributed by atoms with van der Waals surface area (Å²) in [6.07, 6.45) is 2.40. The molecule has 1 atom stereocenters. The minimum Gasteiger partial charge on any atom is -0.396 e. The summed E-state index contributed by atoms with van der Waals surface area (Å²) in [5, 5.41) is 8.92. The first kappa shape index (κ1) is 14.2. The summed E-state index contributed by atoms with van der Waals surface area (Å²) >= 11 is 0. The first-order chi connectivity index (χ1) is 7.89. The molecule has 0 aliphatic carbocycles. The molecule has 1 N–H and O–H groups in total. The van der Waals surface area contributed by atoms with Crippen LogP contribution in [0.5, 0.6) is 0 Å². The van der Waals surface area contributed by atoms with Crippen molar-refractivity contribution in [3.05, 3.63) is 0 Å². The van der Waals surface area contributed by atoms with Crippen LogP contribution in [-0.4, -0.2) is 35.0 Å². The Morgan fingerprint density at radius 1 is 1.29 bits per heavy atom. The van der Waals surface area contributed by atoms with Gasteiger partial charge in [0.15, 0.2) is 0 Å². The van der Waals surface area contributed by atoms with Crippen molar-refractivity contribution in [2.75, 3.05) is 13.2 Å². The maximum absolute atomic E-state index is 11.9. The Balaban J connectivity index is 2.65. The molecule has 0 aromatic carbocycles. The third-order valence-electron chi connectivity index (χ3n) is 3.42. The Bertz CT molecular complexity index is 279. The molecule has 1 aliphatic heterocycles. The van der Waals surface area contributed by atoms with Crippen LogP contribution in [0.15, 0.2) is 0 Å². The fourth-order valence-electron chi connectivity index (χ4n) is 2.28. The number of aliphatic hydroxyl groups is 1. The average molecular weight is 241 g/mol. The molecule has 4 nitrogen and oxygen atoms in total. The predicted octanol–water partition coefficient (Wildman–Crippen LogP) is 1.57. The minimum absolute atomic E-state index is 0.0670. The van der Waals surface area contributed by atoms with E-state index in [1.54, 1.807) is 0 Å². The quantitative estimate of drug-likeness (QED) is 0.743. The van der Waals surface area contributed by atoms with Gasteiger partial charge in [-0.15, -0.1) is 0 Å². The topological polar surface area (TPSA) is 57.6 Å². The largest absolute Gasteiger partial charge is 0.396 e. The lowest BCUT2D eigenvalue weighted by atomic mass is 9.81. The van der Waals surface area contributed by atoms with Crippen LogP contribution in [0.2, 0.25) is 0 Å². The summed E-state index contributed by atoms with van der Waals surface area (Å²) < 4.78 is 0. The zero-order chi connectivity index (χ0) is 13.1. The normalized spacial score (nSPS) is 21.8. The number of hydrogen-bond acceptors (Lipinski definition) is 3. The summed E-state index contributed by atoms with van der Waals surface area (Å²) in [5.41, 5.74) is -0.205. The van der Waals surface area contributed by atoms with Gasteiger partial charge < -0.3 is 5.11 Å². The van der Waals surface area contributed by atoms with Gasteiger partial charge in [-0.05, 0) is 17.8 Å². The highest BCUT2D eigenvalue weighted by molar-refractivity contribution is 5.98. The van der Waals surface area contributed by atoms with Crippen LogP contribution in [0.25, 0.3) is 0 Å². The van der Waals surface area contributed by atoms with Gasteiger partial charge >= 0.3 is 0 Å². The number of aliphatic hydroxyl groups excluding tert-OH is 1. The lowest BCUT2D eigenvalue weighted by Gasteiger charge is -2.36. The molecule has 4 heteroatoms. The van der Waals surface area contributed by atoms with Crippen LogP contribution in [0, 0.1) is 11.3 Å². The first-order valence-electron chi connectivity index (χ1n) is 6.33. The van der Waals surface area contributed by atoms with E-state index in [0.717, 1.165) is 6.42 Å². The Morgan fingerprint density at radius 2 is 1.82 bits per heavy atom. The summed E-state index contributed by atoms with van der Waals surface area (Å²) in [5.74, 6) is 0.0828. The number of carbonyl (C=O) groups excluding carboxylic acids is 2. The summed E-state index contributed by atoms with van der Waals surface area (Å²) in [6.45, 7) is 6.49. The Morgan fingerprint density at radius 3 is 2.24 bits per heavy atom. The van der Waals surface area contributed by atoms with E-state index in [1.807, 2.05) is 20.8 Å². The van der Waals surface area contributed by atoms with Crippen LogP contribution in [0.4, 0.5) is 0 Å². The Hall–Kier alpha value is -0.900. The molecule has 0 radical (unpaired) electrons. The molecule has 1 aliphatic rings. The molecule has 1 unspecified atom stereocenters. The van der Waals surface area contributed by atoms with E-state index in [2.05, 4.69) is 0 Å². The van der Waals surface area contributed by atoms with Gasteiger partial charge in [-0.2, -0.15) is 0 Å². The van der Waals surface area contributed by atoms with Crippen LogP contribution < -0.4 is 0 Å². The molecule has 98 valence electrons. The molecule has 1 fully saturated rings. The standard InChI is InChI=1S/C13H23NO3/c1-4-10(5-6-15)9-14-11(16)7-13(2,3)8-12(14)17/h10,15H,4-9H2,1-3H3. The second-order valence-electron chi connectivity index (χ2n) is 5.70. The van der Waals surface area contributed by atoms with Crippen molar-refractivity contribution in [2.45, 2.75) is 46.5 Å². The third-order valence-corrected chi connectivity index (χ3v) is 3.42. The smallest absolute Gasteiger partial charge is 0.229 e. The van der Waals surface area contributed by atoms with Gasteiger partial charge in [0.25, 0.3) is 0 Å². The highest BCUT2D eigenvalue weighted by Gasteiger charge is 2.37. The summed E-state index contributed by atoms with van der Waals surface area (Å²) in [6, 6.07) is 0. The highest BCUT2D eigenvalue weighted by Crippen LogP contribution is 2.32. The molecule has 2 amide bonds. The first-order valence-corrected chi connectivity index (χ1v) is 6.33. The van der Waals surface area contributed by atoms with Gasteiger partial charge in [-0.3, -0.25) is 14.5 Å². The van der Waals surface area contributed by atoms with Gasteiger partial charge in [0, 0.05) is 26.0 Å². The minimum atomic E-state index is -0.205. The molecule has 0 aromatic heterocycles. The molecule has 0 aromatic rings. The number of nitrogens with zero attached hydrogens (tertiary/aromatic N) is 1. The number of imide groups is 1. The third kappa shape index (κ3) is 3.80. The lowest BCUT2D eigenvalue weighted by Crippen LogP contribution is -2.48. The van der Waals surface area contributed by atoms with Crippen molar-refractivity contribution < 1.29 is 14.7 Å². The number of amides is 2. The van der Waals surface area contributed by atoms with E-state index in [0.29, 0.717) is 25.8 Å². The monoisotopic (exact) mass is 241 g/mol. The van der Waals surface area contributed by atoms with E-state index in [-0.39, 0.29) is 29.8 Å². The fourth-order valence-corrected chi connectivity index (χ4v) is 2.28. The SMILES string of the molecule is CCC(CCO)CN1C(=O)CC(C)(C)CC1=O. The van der Waals surface area contributed by atoms with Crippen molar-refractivity contribution in [2.24, 2.45) is 11.3 Å². The second-order valence-corrected chi connectivity index (χ2v) is 5.70. The molecule has 0 saturated carbocycles. The molecule has 1 heterocycles. The lowest BCUT2D eigenvalue weighted by molar-refractivity contribution is -0.153. The van der Waals surface area contributed by atoms with Crippen molar-refractivity contribution in [1.82, 2.24) is 4.90 Å². The number of hydrogen-bond donors (Lipinski definition) is 1. The van der Waals surface area contributed by atoms with Gasteiger partial charge in [-0.1, -0.05) is 27.2 Å².